The second-order valence-corrected chi connectivity index (χ2v) is 19.1. The van der Waals surface area contributed by atoms with Crippen LogP contribution in [0.1, 0.15) is 60.8 Å². The normalized spacial score (nSPS) is 13.1. The van der Waals surface area contributed by atoms with E-state index in [2.05, 4.69) is 41.5 Å². The Morgan fingerprint density at radius 3 is 1.06 bits per heavy atom. The van der Waals surface area contributed by atoms with Crippen LogP contribution in [-0.4, -0.2) is 12.3 Å². The van der Waals surface area contributed by atoms with E-state index in [-0.39, 0.29) is 0 Å². The molecule has 2 heteroatoms. The van der Waals surface area contributed by atoms with Crippen molar-refractivity contribution in [2.75, 3.05) is 0 Å². The van der Waals surface area contributed by atoms with Gasteiger partial charge >= 0.3 is 117 Å². The molecule has 104 valence electrons. The molecule has 0 nitrogen and oxygen atoms in total. The summed E-state index contributed by atoms with van der Waals surface area (Å²) >= 11 is -2.00. The summed E-state index contributed by atoms with van der Waals surface area (Å²) in [5.41, 5.74) is 0. The van der Waals surface area contributed by atoms with Crippen molar-refractivity contribution in [3.63, 3.8) is 0 Å². The molecule has 0 aromatic carbocycles. The van der Waals surface area contributed by atoms with Crippen molar-refractivity contribution in [1.82, 2.24) is 0 Å². The third-order valence-electron chi connectivity index (χ3n) is 3.51. The first-order valence-electron chi connectivity index (χ1n) is 7.44. The number of rotatable bonds is 9. The van der Waals surface area contributed by atoms with Crippen molar-refractivity contribution in [3.8, 4) is 0 Å². The molecule has 0 spiro atoms. The Hall–Kier alpha value is 0.833. The molecule has 17 heavy (non-hydrogen) atoms. The van der Waals surface area contributed by atoms with Crippen LogP contribution in [0.25, 0.3) is 0 Å². The number of halogens is 1. The van der Waals surface area contributed by atoms with E-state index in [1.165, 1.54) is 35.0 Å². The molecule has 0 heterocycles. The van der Waals surface area contributed by atoms with Gasteiger partial charge in [0, 0.05) is 0 Å². The van der Waals surface area contributed by atoms with E-state index < -0.39 is 12.3 Å². The Morgan fingerprint density at radius 1 is 0.647 bits per heavy atom. The number of hydrogen-bond acceptors (Lipinski definition) is 0. The summed E-state index contributed by atoms with van der Waals surface area (Å²) in [6.45, 7) is 13.9. The molecule has 0 radical (unpaired) electrons. The van der Waals surface area contributed by atoms with Gasteiger partial charge in [-0.2, -0.15) is 0 Å². The average molecular weight is 321 g/mol. The summed E-state index contributed by atoms with van der Waals surface area (Å²) in [4.78, 5) is 0. The molecular formula is C15H33ClGe. The average Bonchev–Trinajstić information content (AvgIpc) is 2.21. The van der Waals surface area contributed by atoms with Gasteiger partial charge in [-0.05, 0) is 0 Å². The predicted molar refractivity (Wildman–Crippen MR) is 84.4 cm³/mol. The molecular weight excluding hydrogens is 288 g/mol. The van der Waals surface area contributed by atoms with Crippen molar-refractivity contribution in [1.29, 1.82) is 0 Å². The molecule has 0 amide bonds. The summed E-state index contributed by atoms with van der Waals surface area (Å²) < 4.78 is 0. The molecule has 0 aromatic heterocycles. The Kier molecular flexibility index (Phi) is 9.29. The van der Waals surface area contributed by atoms with Crippen LogP contribution >= 0.6 is 10.0 Å². The second-order valence-electron chi connectivity index (χ2n) is 6.95. The Balaban J connectivity index is 4.23. The zero-order valence-electron chi connectivity index (χ0n) is 12.9. The van der Waals surface area contributed by atoms with Crippen molar-refractivity contribution in [3.05, 3.63) is 0 Å². The van der Waals surface area contributed by atoms with Crippen LogP contribution < -0.4 is 0 Å². The van der Waals surface area contributed by atoms with Gasteiger partial charge in [0.25, 0.3) is 0 Å². The second kappa shape index (κ2) is 8.85. The van der Waals surface area contributed by atoms with Crippen LogP contribution in [0, 0.1) is 17.8 Å². The van der Waals surface area contributed by atoms with Crippen molar-refractivity contribution >= 4 is 22.3 Å². The summed E-state index contributed by atoms with van der Waals surface area (Å²) in [6.07, 6.45) is 4.04. The van der Waals surface area contributed by atoms with E-state index in [0.29, 0.717) is 0 Å². The molecule has 0 fully saturated rings. The fraction of sp³-hybridized carbons (Fsp3) is 1.00. The van der Waals surface area contributed by atoms with Crippen LogP contribution in [0.4, 0.5) is 0 Å². The summed E-state index contributed by atoms with van der Waals surface area (Å²) in [6, 6.07) is 0. The number of hydrogen-bond donors (Lipinski definition) is 0. The Labute approximate surface area is 116 Å². The molecule has 0 aliphatic heterocycles. The Morgan fingerprint density at radius 2 is 0.882 bits per heavy atom. The third kappa shape index (κ3) is 10.4. The fourth-order valence-electron chi connectivity index (χ4n) is 2.02. The monoisotopic (exact) mass is 322 g/mol. The van der Waals surface area contributed by atoms with Gasteiger partial charge in [0.05, 0.1) is 0 Å². The molecule has 0 N–H and O–H groups in total. The van der Waals surface area contributed by atoms with Gasteiger partial charge in [0.2, 0.25) is 0 Å². The zero-order valence-corrected chi connectivity index (χ0v) is 15.7. The van der Waals surface area contributed by atoms with E-state index in [1.54, 1.807) is 0 Å². The molecule has 0 aliphatic rings. The first-order chi connectivity index (χ1) is 7.75. The maximum absolute atomic E-state index is 7.06. The van der Waals surface area contributed by atoms with Crippen LogP contribution in [0.15, 0.2) is 0 Å². The first-order valence-corrected chi connectivity index (χ1v) is 14.6. The van der Waals surface area contributed by atoms with Crippen molar-refractivity contribution < 1.29 is 0 Å². The zero-order chi connectivity index (χ0) is 13.5. The van der Waals surface area contributed by atoms with E-state index in [9.17, 15) is 0 Å². The van der Waals surface area contributed by atoms with E-state index in [4.69, 9.17) is 10.0 Å². The van der Waals surface area contributed by atoms with E-state index >= 15 is 0 Å². The van der Waals surface area contributed by atoms with Gasteiger partial charge in [-0.3, -0.25) is 0 Å². The standard InChI is InChI=1S/C15H33ClGe/c1-13(2)7-10-17(16,11-8-14(3)4)12-9-15(5)6/h13-15H,7-12H2,1-6H3. The van der Waals surface area contributed by atoms with Gasteiger partial charge in [0.1, 0.15) is 0 Å². The minimum absolute atomic E-state index is 0.817. The Bertz CT molecular complexity index is 156. The molecule has 0 atom stereocenters. The van der Waals surface area contributed by atoms with Crippen LogP contribution in [0.3, 0.4) is 0 Å². The third-order valence-corrected chi connectivity index (χ3v) is 13.9. The molecule has 0 rings (SSSR count). The maximum atomic E-state index is 7.06. The van der Waals surface area contributed by atoms with Crippen LogP contribution in [0.2, 0.25) is 15.8 Å². The summed E-state index contributed by atoms with van der Waals surface area (Å²) in [5, 5.41) is 4.12. The molecule has 0 bridgehead atoms. The molecule has 0 saturated heterocycles. The van der Waals surface area contributed by atoms with Gasteiger partial charge in [-0.25, -0.2) is 0 Å². The van der Waals surface area contributed by atoms with Crippen molar-refractivity contribution in [2.45, 2.75) is 76.6 Å². The van der Waals surface area contributed by atoms with E-state index in [0.717, 1.165) is 17.8 Å². The molecule has 0 aromatic rings. The quantitative estimate of drug-likeness (QED) is 0.437. The van der Waals surface area contributed by atoms with Gasteiger partial charge < -0.3 is 0 Å². The van der Waals surface area contributed by atoms with Crippen LogP contribution in [0.5, 0.6) is 0 Å². The topological polar surface area (TPSA) is 0 Å². The van der Waals surface area contributed by atoms with Crippen LogP contribution in [-0.2, 0) is 0 Å². The van der Waals surface area contributed by atoms with Gasteiger partial charge in [0.15, 0.2) is 0 Å². The molecule has 0 aliphatic carbocycles. The first kappa shape index (κ1) is 17.8. The predicted octanol–water partition coefficient (Wildman–Crippen LogP) is 6.31. The minimum atomic E-state index is -2.00. The van der Waals surface area contributed by atoms with Crippen molar-refractivity contribution in [2.24, 2.45) is 17.8 Å². The summed E-state index contributed by atoms with van der Waals surface area (Å²) in [7, 11) is 7.06. The van der Waals surface area contributed by atoms with E-state index in [1.807, 2.05) is 0 Å². The fourth-order valence-corrected chi connectivity index (χ4v) is 12.2. The molecule has 0 saturated carbocycles. The molecule has 0 unspecified atom stereocenters. The summed E-state index contributed by atoms with van der Waals surface area (Å²) in [5.74, 6) is 2.45. The van der Waals surface area contributed by atoms with Gasteiger partial charge in [-0.15, -0.1) is 0 Å². The van der Waals surface area contributed by atoms with Gasteiger partial charge in [-0.1, -0.05) is 0 Å². The SMILES string of the molecule is CC(C)C[CH2][Ge]([Cl])([CH2]CC(C)C)[CH2]CC(C)C.